The lowest BCUT2D eigenvalue weighted by atomic mass is 10.2. The van der Waals surface area contributed by atoms with E-state index in [1.807, 2.05) is 30.4 Å². The fourth-order valence-corrected chi connectivity index (χ4v) is 4.19. The normalized spacial score (nSPS) is 12.4. The van der Waals surface area contributed by atoms with Gasteiger partial charge in [0.1, 0.15) is 17.3 Å². The van der Waals surface area contributed by atoms with Gasteiger partial charge in [0.2, 0.25) is 5.52 Å². The van der Waals surface area contributed by atoms with Crippen LogP contribution in [0.3, 0.4) is 0 Å². The van der Waals surface area contributed by atoms with E-state index in [-0.39, 0.29) is 0 Å². The van der Waals surface area contributed by atoms with Gasteiger partial charge in [-0.1, -0.05) is 29.5 Å². The molecule has 0 aliphatic heterocycles. The SMILES string of the molecule is CC[n+]1c(/C=C/C=C/N(c2ccc(C#N)cc2)C(C)C(=O)O)sc2ccccc21. The molecule has 0 saturated heterocycles. The van der Waals surface area contributed by atoms with Crippen molar-refractivity contribution in [2.24, 2.45) is 0 Å². The van der Waals surface area contributed by atoms with Gasteiger partial charge < -0.3 is 10.0 Å². The van der Waals surface area contributed by atoms with Gasteiger partial charge in [-0.15, -0.1) is 0 Å². The maximum absolute atomic E-state index is 11.5. The van der Waals surface area contributed by atoms with Crippen molar-refractivity contribution in [3.05, 3.63) is 77.5 Å². The predicted octanol–water partition coefficient (Wildman–Crippen LogP) is 4.59. The molecule has 0 saturated carbocycles. The number of thiazole rings is 1. The lowest BCUT2D eigenvalue weighted by Crippen LogP contribution is -2.35. The van der Waals surface area contributed by atoms with E-state index in [1.54, 1.807) is 53.6 Å². The standard InChI is InChI=1S/C23H21N3O2S/c1-3-25-20-8-4-5-9-21(20)29-22(25)10-6-7-15-26(17(2)23(27)28)19-13-11-18(16-24)12-14-19/h4-15,17H,3H2,1-2H3/p+1. The number of carboxylic acids is 1. The molecule has 0 aliphatic rings. The number of hydrogen-bond donors (Lipinski definition) is 1. The number of fused-ring (bicyclic) bond motifs is 1. The van der Waals surface area contributed by atoms with Crippen molar-refractivity contribution in [2.75, 3.05) is 4.90 Å². The lowest BCUT2D eigenvalue weighted by molar-refractivity contribution is -0.665. The van der Waals surface area contributed by atoms with Crippen LogP contribution in [-0.4, -0.2) is 17.1 Å². The average molecular weight is 405 g/mol. The Hall–Kier alpha value is -3.43. The third-order valence-electron chi connectivity index (χ3n) is 4.62. The zero-order chi connectivity index (χ0) is 20.8. The van der Waals surface area contributed by atoms with Gasteiger partial charge in [0.15, 0.2) is 0 Å². The molecule has 1 N–H and O–H groups in total. The fourth-order valence-electron chi connectivity index (χ4n) is 3.05. The number of aromatic nitrogens is 1. The predicted molar refractivity (Wildman–Crippen MR) is 117 cm³/mol. The molecule has 0 radical (unpaired) electrons. The number of nitrogens with zero attached hydrogens (tertiary/aromatic N) is 3. The van der Waals surface area contributed by atoms with E-state index < -0.39 is 12.0 Å². The van der Waals surface area contributed by atoms with Crippen molar-refractivity contribution in [2.45, 2.75) is 26.4 Å². The number of para-hydroxylation sites is 1. The molecule has 0 amide bonds. The Morgan fingerprint density at radius 3 is 2.62 bits per heavy atom. The van der Waals surface area contributed by atoms with Crippen LogP contribution in [0.2, 0.25) is 0 Å². The van der Waals surface area contributed by atoms with E-state index >= 15 is 0 Å². The smallest absolute Gasteiger partial charge is 0.326 e. The Morgan fingerprint density at radius 2 is 1.97 bits per heavy atom. The van der Waals surface area contributed by atoms with Crippen molar-refractivity contribution in [3.63, 3.8) is 0 Å². The van der Waals surface area contributed by atoms with E-state index in [9.17, 15) is 9.90 Å². The molecule has 1 atom stereocenters. The highest BCUT2D eigenvalue weighted by Gasteiger charge is 2.19. The summed E-state index contributed by atoms with van der Waals surface area (Å²) in [5, 5.41) is 19.5. The quantitative estimate of drug-likeness (QED) is 0.462. The highest BCUT2D eigenvalue weighted by atomic mass is 32.1. The van der Waals surface area contributed by atoms with Gasteiger partial charge in [-0.2, -0.15) is 9.83 Å². The number of anilines is 1. The zero-order valence-corrected chi connectivity index (χ0v) is 17.1. The average Bonchev–Trinajstić information content (AvgIpc) is 3.10. The van der Waals surface area contributed by atoms with Crippen LogP contribution in [0.1, 0.15) is 24.4 Å². The van der Waals surface area contributed by atoms with Crippen LogP contribution in [0.15, 0.2) is 66.9 Å². The number of nitriles is 1. The first-order valence-electron chi connectivity index (χ1n) is 9.32. The molecule has 1 unspecified atom stereocenters. The second-order valence-corrected chi connectivity index (χ2v) is 7.50. The number of aliphatic carboxylic acids is 1. The van der Waals surface area contributed by atoms with Crippen LogP contribution in [0.5, 0.6) is 0 Å². The van der Waals surface area contributed by atoms with Crippen molar-refractivity contribution in [3.8, 4) is 6.07 Å². The molecule has 1 aromatic heterocycles. The Bertz CT molecular complexity index is 1110. The topological polar surface area (TPSA) is 68.2 Å². The highest BCUT2D eigenvalue weighted by molar-refractivity contribution is 7.18. The Balaban J connectivity index is 1.86. The third-order valence-corrected chi connectivity index (χ3v) is 5.75. The fraction of sp³-hybridized carbons (Fsp3) is 0.174. The zero-order valence-electron chi connectivity index (χ0n) is 16.3. The van der Waals surface area contributed by atoms with Gasteiger partial charge in [-0.25, -0.2) is 4.79 Å². The van der Waals surface area contributed by atoms with Gasteiger partial charge in [-0.05, 0) is 50.3 Å². The summed E-state index contributed by atoms with van der Waals surface area (Å²) in [5.41, 5.74) is 2.46. The molecule has 0 aliphatic carbocycles. The Morgan fingerprint density at radius 1 is 1.24 bits per heavy atom. The van der Waals surface area contributed by atoms with Gasteiger partial charge in [0, 0.05) is 24.0 Å². The number of aryl methyl sites for hydroxylation is 1. The minimum Gasteiger partial charge on any atom is -0.480 e. The van der Waals surface area contributed by atoms with Crippen LogP contribution >= 0.6 is 11.3 Å². The summed E-state index contributed by atoms with van der Waals surface area (Å²) in [6, 6.07) is 16.5. The number of hydrogen-bond acceptors (Lipinski definition) is 4. The minimum absolute atomic E-state index is 0.537. The number of carboxylic acid groups (broad SMARTS) is 1. The molecule has 6 heteroatoms. The molecule has 0 fully saturated rings. The molecule has 29 heavy (non-hydrogen) atoms. The van der Waals surface area contributed by atoms with E-state index in [4.69, 9.17) is 5.26 Å². The van der Waals surface area contributed by atoms with Crippen LogP contribution < -0.4 is 9.47 Å². The second-order valence-electron chi connectivity index (χ2n) is 6.43. The Kier molecular flexibility index (Phi) is 6.43. The molecular weight excluding hydrogens is 382 g/mol. The summed E-state index contributed by atoms with van der Waals surface area (Å²) >= 11 is 1.72. The van der Waals surface area contributed by atoms with E-state index in [0.717, 1.165) is 11.6 Å². The number of benzene rings is 2. The molecule has 3 aromatic rings. The monoisotopic (exact) mass is 404 g/mol. The van der Waals surface area contributed by atoms with E-state index in [1.165, 1.54) is 10.2 Å². The first kappa shape index (κ1) is 20.3. The maximum atomic E-state index is 11.5. The van der Waals surface area contributed by atoms with E-state index in [2.05, 4.69) is 29.7 Å². The van der Waals surface area contributed by atoms with Gasteiger partial charge >= 0.3 is 5.97 Å². The molecule has 1 heterocycles. The molecular formula is C23H22N3O2S+. The molecule has 3 rings (SSSR count). The molecule has 2 aromatic carbocycles. The van der Waals surface area contributed by atoms with Gasteiger partial charge in [0.05, 0.1) is 11.6 Å². The molecule has 0 bridgehead atoms. The number of rotatable bonds is 7. The maximum Gasteiger partial charge on any atom is 0.326 e. The van der Waals surface area contributed by atoms with Crippen LogP contribution in [0.25, 0.3) is 16.3 Å². The number of carbonyl (C=O) groups is 1. The highest BCUT2D eigenvalue weighted by Crippen LogP contribution is 2.22. The summed E-state index contributed by atoms with van der Waals surface area (Å²) in [5.74, 6) is -0.920. The summed E-state index contributed by atoms with van der Waals surface area (Å²) in [4.78, 5) is 13.2. The largest absolute Gasteiger partial charge is 0.480 e. The summed E-state index contributed by atoms with van der Waals surface area (Å²) in [6.07, 6.45) is 7.54. The van der Waals surface area contributed by atoms with Crippen molar-refractivity contribution in [1.29, 1.82) is 5.26 Å². The van der Waals surface area contributed by atoms with Crippen LogP contribution in [-0.2, 0) is 11.3 Å². The molecule has 146 valence electrons. The summed E-state index contributed by atoms with van der Waals surface area (Å²) in [6.45, 7) is 4.62. The van der Waals surface area contributed by atoms with Crippen molar-refractivity contribution < 1.29 is 14.5 Å². The van der Waals surface area contributed by atoms with Gasteiger partial charge in [0.25, 0.3) is 5.01 Å². The van der Waals surface area contributed by atoms with Crippen molar-refractivity contribution in [1.82, 2.24) is 0 Å². The first-order chi connectivity index (χ1) is 14.0. The van der Waals surface area contributed by atoms with Crippen LogP contribution in [0.4, 0.5) is 5.69 Å². The minimum atomic E-state index is -0.920. The van der Waals surface area contributed by atoms with Gasteiger partial charge in [-0.3, -0.25) is 0 Å². The van der Waals surface area contributed by atoms with E-state index in [0.29, 0.717) is 11.3 Å². The first-order valence-corrected chi connectivity index (χ1v) is 10.1. The third kappa shape index (κ3) is 4.53. The summed E-state index contributed by atoms with van der Waals surface area (Å²) in [7, 11) is 0. The summed E-state index contributed by atoms with van der Waals surface area (Å²) < 4.78 is 3.49. The van der Waals surface area contributed by atoms with Crippen LogP contribution in [0, 0.1) is 11.3 Å². The second kappa shape index (κ2) is 9.18. The molecule has 0 spiro atoms. The lowest BCUT2D eigenvalue weighted by Gasteiger charge is -2.24. The number of allylic oxidation sites excluding steroid dienone is 2. The Labute approximate surface area is 174 Å². The van der Waals surface area contributed by atoms with Crippen molar-refractivity contribution >= 4 is 39.3 Å². The molecule has 5 nitrogen and oxygen atoms in total.